The van der Waals surface area contributed by atoms with Crippen LogP contribution < -0.4 is 11.3 Å². The summed E-state index contributed by atoms with van der Waals surface area (Å²) in [6.45, 7) is 2.08. The fourth-order valence-corrected chi connectivity index (χ4v) is 2.11. The molecule has 3 N–H and O–H groups in total. The Kier molecular flexibility index (Phi) is 5.91. The summed E-state index contributed by atoms with van der Waals surface area (Å²) < 4.78 is 5.28. The summed E-state index contributed by atoms with van der Waals surface area (Å²) >= 11 is 0. The minimum absolute atomic E-state index is 0.259. The SMILES string of the molecule is COC(C)CC(NN)C1=CCCCCC1. The van der Waals surface area contributed by atoms with E-state index in [2.05, 4.69) is 18.4 Å². The molecular weight excluding hydrogens is 188 g/mol. The van der Waals surface area contributed by atoms with Crippen LogP contribution in [0.5, 0.6) is 0 Å². The van der Waals surface area contributed by atoms with Gasteiger partial charge in [-0.25, -0.2) is 0 Å². The van der Waals surface area contributed by atoms with E-state index in [4.69, 9.17) is 10.6 Å². The van der Waals surface area contributed by atoms with Crippen molar-refractivity contribution in [1.29, 1.82) is 0 Å². The van der Waals surface area contributed by atoms with Crippen molar-refractivity contribution in [3.63, 3.8) is 0 Å². The van der Waals surface area contributed by atoms with Crippen LogP contribution in [0.1, 0.15) is 45.4 Å². The third kappa shape index (κ3) is 4.33. The Balaban J connectivity index is 2.51. The van der Waals surface area contributed by atoms with Crippen molar-refractivity contribution in [3.05, 3.63) is 11.6 Å². The lowest BCUT2D eigenvalue weighted by Crippen LogP contribution is -2.39. The maximum atomic E-state index is 5.61. The highest BCUT2D eigenvalue weighted by Crippen LogP contribution is 2.22. The molecule has 2 unspecified atom stereocenters. The molecule has 0 aliphatic heterocycles. The lowest BCUT2D eigenvalue weighted by molar-refractivity contribution is 0.104. The summed E-state index contributed by atoms with van der Waals surface area (Å²) in [5, 5.41) is 0. The van der Waals surface area contributed by atoms with Crippen molar-refractivity contribution in [2.75, 3.05) is 7.11 Å². The van der Waals surface area contributed by atoms with Crippen LogP contribution in [0.15, 0.2) is 11.6 Å². The zero-order chi connectivity index (χ0) is 11.1. The van der Waals surface area contributed by atoms with Gasteiger partial charge in [-0.3, -0.25) is 11.3 Å². The van der Waals surface area contributed by atoms with Crippen molar-refractivity contribution < 1.29 is 4.74 Å². The number of hydrogen-bond acceptors (Lipinski definition) is 3. The van der Waals surface area contributed by atoms with Gasteiger partial charge < -0.3 is 4.74 Å². The third-order valence-corrected chi connectivity index (χ3v) is 3.19. The van der Waals surface area contributed by atoms with Gasteiger partial charge >= 0.3 is 0 Å². The summed E-state index contributed by atoms with van der Waals surface area (Å²) in [7, 11) is 1.75. The molecule has 0 aromatic rings. The molecule has 0 aromatic heterocycles. The second kappa shape index (κ2) is 6.99. The number of nitrogens with one attached hydrogen (secondary N) is 1. The normalized spacial score (nSPS) is 21.7. The second-order valence-electron chi connectivity index (χ2n) is 4.38. The van der Waals surface area contributed by atoms with E-state index in [1.54, 1.807) is 7.11 Å². The van der Waals surface area contributed by atoms with Gasteiger partial charge in [0, 0.05) is 13.2 Å². The average molecular weight is 212 g/mol. The van der Waals surface area contributed by atoms with E-state index < -0.39 is 0 Å². The summed E-state index contributed by atoms with van der Waals surface area (Å²) in [5.74, 6) is 5.61. The van der Waals surface area contributed by atoms with Gasteiger partial charge in [-0.05, 0) is 39.0 Å². The second-order valence-corrected chi connectivity index (χ2v) is 4.38. The van der Waals surface area contributed by atoms with Crippen molar-refractivity contribution in [3.8, 4) is 0 Å². The van der Waals surface area contributed by atoms with E-state index in [0.29, 0.717) is 0 Å². The Morgan fingerprint density at radius 3 is 2.93 bits per heavy atom. The molecule has 0 saturated carbocycles. The molecule has 0 aromatic carbocycles. The van der Waals surface area contributed by atoms with Crippen LogP contribution in [0.2, 0.25) is 0 Å². The molecule has 3 nitrogen and oxygen atoms in total. The molecule has 2 atom stereocenters. The zero-order valence-corrected chi connectivity index (χ0v) is 9.96. The van der Waals surface area contributed by atoms with Gasteiger partial charge in [-0.1, -0.05) is 18.1 Å². The van der Waals surface area contributed by atoms with Crippen LogP contribution >= 0.6 is 0 Å². The highest BCUT2D eigenvalue weighted by atomic mass is 16.5. The number of ether oxygens (including phenoxy) is 1. The molecule has 1 aliphatic rings. The Bertz CT molecular complexity index is 204. The first-order valence-electron chi connectivity index (χ1n) is 5.95. The topological polar surface area (TPSA) is 47.3 Å². The average Bonchev–Trinajstić information content (AvgIpc) is 2.54. The van der Waals surface area contributed by atoms with Crippen LogP contribution in [0.3, 0.4) is 0 Å². The highest BCUT2D eigenvalue weighted by Gasteiger charge is 2.16. The van der Waals surface area contributed by atoms with Crippen LogP contribution in [0.25, 0.3) is 0 Å². The number of allylic oxidation sites excluding steroid dienone is 1. The van der Waals surface area contributed by atoms with Crippen molar-refractivity contribution in [2.24, 2.45) is 5.84 Å². The Morgan fingerprint density at radius 1 is 1.47 bits per heavy atom. The van der Waals surface area contributed by atoms with E-state index in [1.165, 1.54) is 37.7 Å². The smallest absolute Gasteiger partial charge is 0.0561 e. The third-order valence-electron chi connectivity index (χ3n) is 3.19. The molecule has 3 heteroatoms. The van der Waals surface area contributed by atoms with Gasteiger partial charge in [0.15, 0.2) is 0 Å². The number of hydrazine groups is 1. The molecule has 0 saturated heterocycles. The standard InChI is InChI=1S/C12H24N2O/c1-10(15-2)9-12(14-13)11-7-5-3-4-6-8-11/h7,10,12,14H,3-6,8-9,13H2,1-2H3. The first kappa shape index (κ1) is 12.7. The maximum Gasteiger partial charge on any atom is 0.0561 e. The first-order chi connectivity index (χ1) is 7.27. The summed E-state index contributed by atoms with van der Waals surface area (Å²) in [5.41, 5.74) is 4.39. The predicted molar refractivity (Wildman–Crippen MR) is 63.4 cm³/mol. The van der Waals surface area contributed by atoms with Gasteiger partial charge in [0.25, 0.3) is 0 Å². The van der Waals surface area contributed by atoms with Crippen LogP contribution in [-0.4, -0.2) is 19.3 Å². The summed E-state index contributed by atoms with van der Waals surface area (Å²) in [6.07, 6.45) is 9.93. The predicted octanol–water partition coefficient (Wildman–Crippen LogP) is 2.13. The number of methoxy groups -OCH3 is 1. The van der Waals surface area contributed by atoms with Crippen LogP contribution in [0, 0.1) is 0 Å². The van der Waals surface area contributed by atoms with Gasteiger partial charge in [0.05, 0.1) is 6.10 Å². The van der Waals surface area contributed by atoms with Gasteiger partial charge in [-0.15, -0.1) is 0 Å². The fourth-order valence-electron chi connectivity index (χ4n) is 2.11. The minimum Gasteiger partial charge on any atom is -0.382 e. The largest absolute Gasteiger partial charge is 0.382 e. The van der Waals surface area contributed by atoms with E-state index in [0.717, 1.165) is 6.42 Å². The molecule has 0 heterocycles. The summed E-state index contributed by atoms with van der Waals surface area (Å²) in [4.78, 5) is 0. The van der Waals surface area contributed by atoms with E-state index >= 15 is 0 Å². The molecular formula is C12H24N2O. The van der Waals surface area contributed by atoms with E-state index in [-0.39, 0.29) is 12.1 Å². The van der Waals surface area contributed by atoms with Crippen molar-refractivity contribution >= 4 is 0 Å². The lowest BCUT2D eigenvalue weighted by atomic mass is 9.98. The molecule has 15 heavy (non-hydrogen) atoms. The lowest BCUT2D eigenvalue weighted by Gasteiger charge is -2.22. The number of nitrogens with two attached hydrogens (primary N) is 1. The molecule has 0 radical (unpaired) electrons. The fraction of sp³-hybridized carbons (Fsp3) is 0.833. The monoisotopic (exact) mass is 212 g/mol. The quantitative estimate of drug-likeness (QED) is 0.417. The van der Waals surface area contributed by atoms with Gasteiger partial charge in [-0.2, -0.15) is 0 Å². The van der Waals surface area contributed by atoms with Crippen LogP contribution in [-0.2, 0) is 4.74 Å². The molecule has 0 bridgehead atoms. The summed E-state index contributed by atoms with van der Waals surface area (Å²) in [6, 6.07) is 0.290. The van der Waals surface area contributed by atoms with E-state index in [1.807, 2.05) is 0 Å². The molecule has 1 aliphatic carbocycles. The highest BCUT2D eigenvalue weighted by molar-refractivity contribution is 5.12. The number of hydrogen-bond donors (Lipinski definition) is 2. The first-order valence-corrected chi connectivity index (χ1v) is 5.95. The number of rotatable bonds is 5. The van der Waals surface area contributed by atoms with Crippen LogP contribution in [0.4, 0.5) is 0 Å². The van der Waals surface area contributed by atoms with Crippen molar-refractivity contribution in [2.45, 2.75) is 57.6 Å². The molecule has 1 rings (SSSR count). The minimum atomic E-state index is 0.259. The maximum absolute atomic E-state index is 5.61. The van der Waals surface area contributed by atoms with Gasteiger partial charge in [0.2, 0.25) is 0 Å². The molecule has 88 valence electrons. The molecule has 0 amide bonds. The Hall–Kier alpha value is -0.380. The Morgan fingerprint density at radius 2 is 2.27 bits per heavy atom. The van der Waals surface area contributed by atoms with E-state index in [9.17, 15) is 0 Å². The Labute approximate surface area is 93.0 Å². The molecule has 0 fully saturated rings. The molecule has 0 spiro atoms. The van der Waals surface area contributed by atoms with Crippen molar-refractivity contribution in [1.82, 2.24) is 5.43 Å². The zero-order valence-electron chi connectivity index (χ0n) is 9.96. The van der Waals surface area contributed by atoms with Gasteiger partial charge in [0.1, 0.15) is 0 Å².